The van der Waals surface area contributed by atoms with Crippen LogP contribution in [0, 0.1) is 6.92 Å². The van der Waals surface area contributed by atoms with Gasteiger partial charge < -0.3 is 15.0 Å². The summed E-state index contributed by atoms with van der Waals surface area (Å²) in [5, 5.41) is 7.41. The second-order valence-corrected chi connectivity index (χ2v) is 11.1. The van der Waals surface area contributed by atoms with Gasteiger partial charge in [0.1, 0.15) is 6.54 Å². The van der Waals surface area contributed by atoms with Crippen LogP contribution in [0.4, 0.5) is 11.6 Å². The van der Waals surface area contributed by atoms with Gasteiger partial charge in [-0.3, -0.25) is 9.48 Å². The number of ether oxygens (including phenoxy) is 1. The molecule has 3 aromatic rings. The summed E-state index contributed by atoms with van der Waals surface area (Å²) in [6.07, 6.45) is 8.95. The van der Waals surface area contributed by atoms with Gasteiger partial charge in [-0.2, -0.15) is 5.10 Å². The minimum atomic E-state index is -3.55. The van der Waals surface area contributed by atoms with Crippen LogP contribution in [0.2, 0.25) is 0 Å². The Hall–Kier alpha value is -3.35. The molecule has 196 valence electrons. The van der Waals surface area contributed by atoms with E-state index in [4.69, 9.17) is 4.74 Å². The molecule has 1 aromatic carbocycles. The Balaban J connectivity index is 1.26. The van der Waals surface area contributed by atoms with Crippen molar-refractivity contribution in [1.82, 2.24) is 29.4 Å². The highest BCUT2D eigenvalue weighted by atomic mass is 32.2. The van der Waals surface area contributed by atoms with Crippen LogP contribution in [0.25, 0.3) is 11.3 Å². The number of aryl methyl sites for hydroxylation is 1. The largest absolute Gasteiger partial charge is 0.378 e. The summed E-state index contributed by atoms with van der Waals surface area (Å²) in [7, 11) is -3.55. The molecule has 0 unspecified atom stereocenters. The van der Waals surface area contributed by atoms with Crippen LogP contribution < -0.4 is 10.0 Å². The van der Waals surface area contributed by atoms with E-state index >= 15 is 0 Å². The maximum Gasteiger partial charge on any atom is 0.244 e. The van der Waals surface area contributed by atoms with Crippen molar-refractivity contribution in [2.75, 3.05) is 31.6 Å². The topological polar surface area (TPSA) is 131 Å². The quantitative estimate of drug-likeness (QED) is 0.459. The van der Waals surface area contributed by atoms with Crippen LogP contribution >= 0.6 is 0 Å². The lowest BCUT2D eigenvalue weighted by Crippen LogP contribution is -2.42. The Morgan fingerprint density at radius 1 is 1.11 bits per heavy atom. The van der Waals surface area contributed by atoms with Crippen molar-refractivity contribution in [2.24, 2.45) is 0 Å². The van der Waals surface area contributed by atoms with Gasteiger partial charge in [0.05, 0.1) is 35.7 Å². The molecule has 2 N–H and O–H groups in total. The predicted octanol–water partition coefficient (Wildman–Crippen LogP) is 2.47. The van der Waals surface area contributed by atoms with Crippen molar-refractivity contribution < 1.29 is 17.9 Å². The molecule has 1 saturated carbocycles. The van der Waals surface area contributed by atoms with E-state index in [0.717, 1.165) is 36.8 Å². The molecule has 5 rings (SSSR count). The first-order chi connectivity index (χ1) is 17.9. The van der Waals surface area contributed by atoms with Crippen molar-refractivity contribution >= 4 is 27.6 Å². The number of carbonyl (C=O) groups excluding carboxylic acids is 1. The first-order valence-corrected chi connectivity index (χ1v) is 14.0. The van der Waals surface area contributed by atoms with Crippen molar-refractivity contribution in [3.63, 3.8) is 0 Å². The predicted molar refractivity (Wildman–Crippen MR) is 138 cm³/mol. The number of anilines is 2. The summed E-state index contributed by atoms with van der Waals surface area (Å²) in [5.74, 6) is 0.370. The van der Waals surface area contributed by atoms with Crippen molar-refractivity contribution in [3.05, 3.63) is 48.4 Å². The number of hydrogen-bond donors (Lipinski definition) is 2. The molecular weight excluding hydrogens is 494 g/mol. The van der Waals surface area contributed by atoms with E-state index in [9.17, 15) is 13.2 Å². The zero-order chi connectivity index (χ0) is 25.8. The number of carbonyl (C=O) groups is 1. The number of nitrogens with one attached hydrogen (secondary N) is 2. The monoisotopic (exact) mass is 525 g/mol. The third-order valence-electron chi connectivity index (χ3n) is 6.64. The Morgan fingerprint density at radius 2 is 1.84 bits per heavy atom. The second-order valence-electron chi connectivity index (χ2n) is 9.40. The molecule has 0 bridgehead atoms. The van der Waals surface area contributed by atoms with Crippen molar-refractivity contribution in [1.29, 1.82) is 0 Å². The minimum absolute atomic E-state index is 0.00396. The van der Waals surface area contributed by atoms with Crippen LogP contribution in [0.3, 0.4) is 0 Å². The number of rotatable bonds is 8. The molecular formula is C25H31N7O4S. The molecule has 2 aromatic heterocycles. The van der Waals surface area contributed by atoms with Gasteiger partial charge in [0.2, 0.25) is 21.9 Å². The average Bonchev–Trinajstić information content (AvgIpc) is 3.57. The van der Waals surface area contributed by atoms with Crippen LogP contribution in [0.5, 0.6) is 0 Å². The summed E-state index contributed by atoms with van der Waals surface area (Å²) < 4.78 is 35.2. The van der Waals surface area contributed by atoms with Crippen LogP contribution in [-0.2, 0) is 26.1 Å². The van der Waals surface area contributed by atoms with Crippen molar-refractivity contribution in [3.8, 4) is 11.3 Å². The maximum atomic E-state index is 12.7. The fraction of sp³-hybridized carbons (Fsp3) is 0.440. The number of sulfonamides is 1. The number of benzene rings is 1. The Morgan fingerprint density at radius 3 is 2.57 bits per heavy atom. The molecule has 2 aliphatic rings. The van der Waals surface area contributed by atoms with E-state index in [2.05, 4.69) is 25.1 Å². The number of aromatic nitrogens is 4. The summed E-state index contributed by atoms with van der Waals surface area (Å²) in [4.78, 5) is 23.5. The van der Waals surface area contributed by atoms with Gasteiger partial charge in [0, 0.05) is 37.1 Å². The molecule has 3 heterocycles. The molecule has 0 radical (unpaired) electrons. The lowest BCUT2D eigenvalue weighted by Gasteiger charge is -2.26. The highest BCUT2D eigenvalue weighted by molar-refractivity contribution is 7.89. The lowest BCUT2D eigenvalue weighted by molar-refractivity contribution is -0.136. The molecule has 1 amide bonds. The lowest BCUT2D eigenvalue weighted by atomic mass is 10.1. The molecule has 12 heteroatoms. The first-order valence-electron chi connectivity index (χ1n) is 12.5. The van der Waals surface area contributed by atoms with Crippen LogP contribution in [0.15, 0.2) is 47.8 Å². The average molecular weight is 526 g/mol. The van der Waals surface area contributed by atoms with E-state index in [1.54, 1.807) is 52.4 Å². The van der Waals surface area contributed by atoms with Crippen LogP contribution in [0.1, 0.15) is 31.2 Å². The number of amides is 1. The second kappa shape index (κ2) is 11.0. The zero-order valence-corrected chi connectivity index (χ0v) is 21.6. The van der Waals surface area contributed by atoms with Gasteiger partial charge in [-0.1, -0.05) is 25.0 Å². The summed E-state index contributed by atoms with van der Waals surface area (Å²) in [6.45, 7) is 4.35. The standard InChI is InChI=1S/C25H31N7O4S/c1-18-14-26-25(28-21-15-27-32(16-21)17-23(33)31-10-12-36-13-11-31)29-24(18)19-6-8-22(9-7-19)37(34,35)30-20-4-2-3-5-20/h6-9,14-16,20,30H,2-5,10-13,17H2,1H3,(H,26,28,29). The third-order valence-corrected chi connectivity index (χ3v) is 8.17. The Labute approximate surface area is 216 Å². The molecule has 1 saturated heterocycles. The van der Waals surface area contributed by atoms with Gasteiger partial charge in [-0.15, -0.1) is 0 Å². The SMILES string of the molecule is Cc1cnc(Nc2cnn(CC(=O)N3CCOCC3)c2)nc1-c1ccc(S(=O)(=O)NC2CCCC2)cc1. The van der Waals surface area contributed by atoms with Gasteiger partial charge in [0.15, 0.2) is 0 Å². The first kappa shape index (κ1) is 25.3. The fourth-order valence-corrected chi connectivity index (χ4v) is 5.92. The molecule has 0 spiro atoms. The van der Waals surface area contributed by atoms with E-state index in [0.29, 0.717) is 43.6 Å². The molecule has 11 nitrogen and oxygen atoms in total. The number of nitrogens with zero attached hydrogens (tertiary/aromatic N) is 5. The maximum absolute atomic E-state index is 12.7. The van der Waals surface area contributed by atoms with E-state index in [1.165, 1.54) is 0 Å². The van der Waals surface area contributed by atoms with Gasteiger partial charge in [0.25, 0.3) is 0 Å². The summed E-state index contributed by atoms with van der Waals surface area (Å²) in [5.41, 5.74) is 3.00. The van der Waals surface area contributed by atoms with Gasteiger partial charge in [-0.05, 0) is 37.5 Å². The highest BCUT2D eigenvalue weighted by Gasteiger charge is 2.23. The smallest absolute Gasteiger partial charge is 0.244 e. The Bertz CT molecular complexity index is 1350. The van der Waals surface area contributed by atoms with E-state index in [-0.39, 0.29) is 23.4 Å². The normalized spacial score (nSPS) is 16.7. The molecule has 1 aliphatic carbocycles. The van der Waals surface area contributed by atoms with E-state index < -0.39 is 10.0 Å². The highest BCUT2D eigenvalue weighted by Crippen LogP contribution is 2.25. The molecule has 1 aliphatic heterocycles. The van der Waals surface area contributed by atoms with Gasteiger partial charge in [-0.25, -0.2) is 23.1 Å². The molecule has 0 atom stereocenters. The zero-order valence-electron chi connectivity index (χ0n) is 20.8. The molecule has 37 heavy (non-hydrogen) atoms. The minimum Gasteiger partial charge on any atom is -0.378 e. The molecule has 2 fully saturated rings. The number of morpholine rings is 1. The number of hydrogen-bond acceptors (Lipinski definition) is 8. The van der Waals surface area contributed by atoms with Crippen LogP contribution in [-0.4, -0.2) is 71.3 Å². The van der Waals surface area contributed by atoms with Gasteiger partial charge >= 0.3 is 0 Å². The third kappa shape index (κ3) is 6.14. The fourth-order valence-electron chi connectivity index (χ4n) is 4.61. The Kier molecular flexibility index (Phi) is 7.49. The summed E-state index contributed by atoms with van der Waals surface area (Å²) >= 11 is 0. The van der Waals surface area contributed by atoms with E-state index in [1.807, 2.05) is 6.92 Å². The summed E-state index contributed by atoms with van der Waals surface area (Å²) in [6, 6.07) is 6.76. The van der Waals surface area contributed by atoms with Crippen molar-refractivity contribution in [2.45, 2.75) is 50.1 Å².